The Bertz CT molecular complexity index is 785. The number of hydrogen-bond acceptors (Lipinski definition) is 6. The van der Waals surface area contributed by atoms with Gasteiger partial charge in [0.15, 0.2) is 0 Å². The van der Waals surface area contributed by atoms with E-state index in [4.69, 9.17) is 26.8 Å². The monoisotopic (exact) mass is 378 g/mol. The second kappa shape index (κ2) is 8.31. The zero-order valence-electron chi connectivity index (χ0n) is 15.3. The van der Waals surface area contributed by atoms with Crippen molar-refractivity contribution < 1.29 is 14.3 Å². The highest BCUT2D eigenvalue weighted by Gasteiger charge is 2.30. The lowest BCUT2D eigenvalue weighted by atomic mass is 9.95. The van der Waals surface area contributed by atoms with Crippen LogP contribution in [0.25, 0.3) is 11.4 Å². The van der Waals surface area contributed by atoms with E-state index in [1.54, 1.807) is 31.3 Å². The van der Waals surface area contributed by atoms with Gasteiger partial charge in [0, 0.05) is 6.20 Å². The van der Waals surface area contributed by atoms with Gasteiger partial charge in [0.1, 0.15) is 18.0 Å². The summed E-state index contributed by atoms with van der Waals surface area (Å²) in [5, 5.41) is 0.162. The number of aromatic nitrogens is 3. The molecule has 0 radical (unpaired) electrons. The van der Waals surface area contributed by atoms with Crippen molar-refractivity contribution in [1.29, 1.82) is 0 Å². The molecule has 1 unspecified atom stereocenters. The number of primary amides is 1. The summed E-state index contributed by atoms with van der Waals surface area (Å²) in [5.41, 5.74) is 6.36. The zero-order chi connectivity index (χ0) is 19.3. The number of halogens is 1. The van der Waals surface area contributed by atoms with Crippen LogP contribution < -0.4 is 10.5 Å². The lowest BCUT2D eigenvalue weighted by molar-refractivity contribution is -0.0188. The summed E-state index contributed by atoms with van der Waals surface area (Å²) in [5.74, 6) is 0.906. The third-order valence-electron chi connectivity index (χ3n) is 3.65. The number of nitrogens with zero attached hydrogens (tertiary/aromatic N) is 3. The average molecular weight is 379 g/mol. The SMILES string of the molecule is Cc1nc(-c2ccnc(Cl)n2)ccc1OCC(C)(CC(C)C)OC(N)=O. The fraction of sp³-hybridized carbons (Fsp3) is 0.444. The van der Waals surface area contributed by atoms with E-state index < -0.39 is 11.7 Å². The Labute approximate surface area is 157 Å². The molecule has 0 saturated heterocycles. The summed E-state index contributed by atoms with van der Waals surface area (Å²) in [4.78, 5) is 23.7. The van der Waals surface area contributed by atoms with Crippen molar-refractivity contribution in [2.75, 3.05) is 6.61 Å². The van der Waals surface area contributed by atoms with Crippen LogP contribution in [0.5, 0.6) is 5.75 Å². The van der Waals surface area contributed by atoms with Gasteiger partial charge in [-0.3, -0.25) is 0 Å². The molecule has 2 aromatic rings. The Kier molecular flexibility index (Phi) is 6.37. The molecule has 0 aliphatic carbocycles. The number of aryl methyl sites for hydroxylation is 1. The van der Waals surface area contributed by atoms with Crippen LogP contribution in [0.4, 0.5) is 4.79 Å². The van der Waals surface area contributed by atoms with Gasteiger partial charge in [0.05, 0.1) is 17.1 Å². The molecule has 2 aromatic heterocycles. The topological polar surface area (TPSA) is 100 Å². The molecule has 26 heavy (non-hydrogen) atoms. The van der Waals surface area contributed by atoms with Crippen LogP contribution in [0.3, 0.4) is 0 Å². The van der Waals surface area contributed by atoms with Gasteiger partial charge in [-0.25, -0.2) is 19.7 Å². The number of pyridine rings is 1. The van der Waals surface area contributed by atoms with Crippen LogP contribution in [0.2, 0.25) is 5.28 Å². The molecule has 0 spiro atoms. The van der Waals surface area contributed by atoms with Crippen LogP contribution in [-0.2, 0) is 4.74 Å². The summed E-state index contributed by atoms with van der Waals surface area (Å²) in [6, 6.07) is 5.32. The standard InChI is InChI=1S/C18H23ClN4O3/c1-11(2)9-18(4,26-17(20)24)10-25-15-6-5-13(22-12(15)3)14-7-8-21-16(19)23-14/h5-8,11H,9-10H2,1-4H3,(H2,20,24). The van der Waals surface area contributed by atoms with Gasteiger partial charge in [-0.15, -0.1) is 0 Å². The highest BCUT2D eigenvalue weighted by Crippen LogP contribution is 2.26. The normalized spacial score (nSPS) is 13.3. The van der Waals surface area contributed by atoms with Gasteiger partial charge in [-0.05, 0) is 56.0 Å². The maximum absolute atomic E-state index is 11.2. The molecular weight excluding hydrogens is 356 g/mol. The summed E-state index contributed by atoms with van der Waals surface area (Å²) < 4.78 is 11.1. The van der Waals surface area contributed by atoms with E-state index >= 15 is 0 Å². The van der Waals surface area contributed by atoms with Crippen molar-refractivity contribution in [2.24, 2.45) is 11.7 Å². The van der Waals surface area contributed by atoms with E-state index in [1.807, 2.05) is 20.8 Å². The molecule has 140 valence electrons. The van der Waals surface area contributed by atoms with Crippen molar-refractivity contribution in [3.05, 3.63) is 35.4 Å². The van der Waals surface area contributed by atoms with Gasteiger partial charge in [-0.1, -0.05) is 13.8 Å². The van der Waals surface area contributed by atoms with Gasteiger partial charge in [0.25, 0.3) is 0 Å². The highest BCUT2D eigenvalue weighted by atomic mass is 35.5. The molecular formula is C18H23ClN4O3. The molecule has 1 amide bonds. The van der Waals surface area contributed by atoms with Crippen LogP contribution >= 0.6 is 11.6 Å². The summed E-state index contributed by atoms with van der Waals surface area (Å²) in [7, 11) is 0. The molecule has 8 heteroatoms. The maximum Gasteiger partial charge on any atom is 0.405 e. The molecule has 7 nitrogen and oxygen atoms in total. The fourth-order valence-electron chi connectivity index (χ4n) is 2.79. The molecule has 0 saturated carbocycles. The van der Waals surface area contributed by atoms with Crippen molar-refractivity contribution in [3.8, 4) is 17.1 Å². The first kappa shape index (κ1) is 19.9. The second-order valence-electron chi connectivity index (χ2n) is 6.75. The molecule has 0 aliphatic rings. The summed E-state index contributed by atoms with van der Waals surface area (Å²) in [6.45, 7) is 7.89. The second-order valence-corrected chi connectivity index (χ2v) is 7.09. The molecule has 0 fully saturated rings. The number of rotatable bonds is 7. The van der Waals surface area contributed by atoms with Crippen LogP contribution in [0.15, 0.2) is 24.4 Å². The lowest BCUT2D eigenvalue weighted by Crippen LogP contribution is -2.41. The van der Waals surface area contributed by atoms with Crippen LogP contribution in [-0.4, -0.2) is 33.3 Å². The predicted octanol–water partition coefficient (Wildman–Crippen LogP) is 3.78. The highest BCUT2D eigenvalue weighted by molar-refractivity contribution is 6.28. The Balaban J connectivity index is 2.15. The van der Waals surface area contributed by atoms with E-state index in [1.165, 1.54) is 0 Å². The average Bonchev–Trinajstić information content (AvgIpc) is 2.52. The molecule has 2 N–H and O–H groups in total. The van der Waals surface area contributed by atoms with E-state index in [2.05, 4.69) is 15.0 Å². The summed E-state index contributed by atoms with van der Waals surface area (Å²) >= 11 is 5.82. The summed E-state index contributed by atoms with van der Waals surface area (Å²) in [6.07, 6.45) is 1.38. The quantitative estimate of drug-likeness (QED) is 0.736. The Morgan fingerprint density at radius 3 is 2.54 bits per heavy atom. The third kappa shape index (κ3) is 5.56. The first-order valence-electron chi connectivity index (χ1n) is 8.26. The largest absolute Gasteiger partial charge is 0.488 e. The molecule has 0 aromatic carbocycles. The van der Waals surface area contributed by atoms with E-state index in [0.717, 1.165) is 0 Å². The number of nitrogens with two attached hydrogens (primary N) is 1. The van der Waals surface area contributed by atoms with Crippen molar-refractivity contribution in [3.63, 3.8) is 0 Å². The van der Waals surface area contributed by atoms with E-state index in [0.29, 0.717) is 35.2 Å². The minimum Gasteiger partial charge on any atom is -0.488 e. The van der Waals surface area contributed by atoms with E-state index in [-0.39, 0.29) is 11.9 Å². The van der Waals surface area contributed by atoms with Crippen molar-refractivity contribution >= 4 is 17.7 Å². The first-order valence-corrected chi connectivity index (χ1v) is 8.64. The maximum atomic E-state index is 11.2. The van der Waals surface area contributed by atoms with Crippen molar-refractivity contribution in [1.82, 2.24) is 15.0 Å². The van der Waals surface area contributed by atoms with Crippen LogP contribution in [0, 0.1) is 12.8 Å². The molecule has 0 bridgehead atoms. The Morgan fingerprint density at radius 2 is 1.96 bits per heavy atom. The minimum atomic E-state index is -0.817. The predicted molar refractivity (Wildman–Crippen MR) is 99.0 cm³/mol. The number of amides is 1. The van der Waals surface area contributed by atoms with Gasteiger partial charge >= 0.3 is 6.09 Å². The minimum absolute atomic E-state index is 0.162. The number of carbonyl (C=O) groups excluding carboxylic acids is 1. The Morgan fingerprint density at radius 1 is 1.27 bits per heavy atom. The molecule has 1 atom stereocenters. The third-order valence-corrected chi connectivity index (χ3v) is 3.83. The lowest BCUT2D eigenvalue weighted by Gasteiger charge is -2.30. The smallest absolute Gasteiger partial charge is 0.405 e. The fourth-order valence-corrected chi connectivity index (χ4v) is 2.94. The number of ether oxygens (including phenoxy) is 2. The zero-order valence-corrected chi connectivity index (χ0v) is 16.1. The van der Waals surface area contributed by atoms with Crippen molar-refractivity contribution in [2.45, 2.75) is 39.7 Å². The van der Waals surface area contributed by atoms with Crippen LogP contribution in [0.1, 0.15) is 32.9 Å². The number of hydrogen-bond donors (Lipinski definition) is 1. The first-order chi connectivity index (χ1) is 12.2. The molecule has 2 rings (SSSR count). The van der Waals surface area contributed by atoms with Gasteiger partial charge in [-0.2, -0.15) is 0 Å². The number of carbonyl (C=O) groups is 1. The van der Waals surface area contributed by atoms with Gasteiger partial charge < -0.3 is 15.2 Å². The van der Waals surface area contributed by atoms with Gasteiger partial charge in [0.2, 0.25) is 5.28 Å². The molecule has 0 aliphatic heterocycles. The molecule has 2 heterocycles. The Hall–Kier alpha value is -2.41. The van der Waals surface area contributed by atoms with E-state index in [9.17, 15) is 4.79 Å².